The molecular weight excluding hydrogens is 286 g/mol. The lowest BCUT2D eigenvalue weighted by molar-refractivity contribution is -0.116. The van der Waals surface area contributed by atoms with Crippen LogP contribution in [0.4, 0.5) is 5.69 Å². The van der Waals surface area contributed by atoms with Gasteiger partial charge >= 0.3 is 0 Å². The van der Waals surface area contributed by atoms with Crippen molar-refractivity contribution in [2.24, 2.45) is 0 Å². The Morgan fingerprint density at radius 3 is 2.52 bits per heavy atom. The summed E-state index contributed by atoms with van der Waals surface area (Å²) in [5, 5.41) is 2.09. The molecule has 1 unspecified atom stereocenters. The summed E-state index contributed by atoms with van der Waals surface area (Å²) in [5.74, 6) is 0.389. The molecule has 2 aromatic rings. The van der Waals surface area contributed by atoms with Crippen LogP contribution in [0.5, 0.6) is 5.75 Å². The van der Waals surface area contributed by atoms with E-state index in [1.54, 1.807) is 6.07 Å². The van der Waals surface area contributed by atoms with Crippen LogP contribution in [0, 0.1) is 0 Å². The predicted molar refractivity (Wildman–Crippen MR) is 85.9 cm³/mol. The third-order valence-corrected chi connectivity index (χ3v) is 3.38. The minimum Gasteiger partial charge on any atom is -0.491 e. The van der Waals surface area contributed by atoms with Gasteiger partial charge in [0.1, 0.15) is 11.1 Å². The molecule has 0 bridgehead atoms. The van der Waals surface area contributed by atoms with E-state index < -0.39 is 5.38 Å². The molecule has 0 aliphatic heterocycles. The SMILES string of the molecule is CCCOc1ccccc1NC(=O)C(Cl)c1ccccc1. The van der Waals surface area contributed by atoms with Crippen LogP contribution >= 0.6 is 11.6 Å². The van der Waals surface area contributed by atoms with Gasteiger partial charge in [-0.05, 0) is 24.1 Å². The molecule has 0 spiro atoms. The summed E-state index contributed by atoms with van der Waals surface area (Å²) in [6, 6.07) is 16.6. The van der Waals surface area contributed by atoms with Gasteiger partial charge in [0.2, 0.25) is 5.91 Å². The van der Waals surface area contributed by atoms with E-state index in [1.807, 2.05) is 55.5 Å². The molecule has 21 heavy (non-hydrogen) atoms. The van der Waals surface area contributed by atoms with Crippen LogP contribution in [0.1, 0.15) is 24.3 Å². The molecule has 1 N–H and O–H groups in total. The summed E-state index contributed by atoms with van der Waals surface area (Å²) in [7, 11) is 0. The maximum atomic E-state index is 12.2. The number of benzene rings is 2. The number of nitrogens with one attached hydrogen (secondary N) is 1. The lowest BCUT2D eigenvalue weighted by Gasteiger charge is -2.14. The third-order valence-electron chi connectivity index (χ3n) is 2.93. The maximum Gasteiger partial charge on any atom is 0.247 e. The molecule has 0 radical (unpaired) electrons. The van der Waals surface area contributed by atoms with Crippen molar-refractivity contribution >= 4 is 23.2 Å². The molecule has 1 atom stereocenters. The highest BCUT2D eigenvalue weighted by atomic mass is 35.5. The Morgan fingerprint density at radius 1 is 1.14 bits per heavy atom. The normalized spacial score (nSPS) is 11.7. The van der Waals surface area contributed by atoms with Crippen LogP contribution in [0.15, 0.2) is 54.6 Å². The first-order chi connectivity index (χ1) is 10.2. The number of hydrogen-bond donors (Lipinski definition) is 1. The Morgan fingerprint density at radius 2 is 1.81 bits per heavy atom. The van der Waals surface area contributed by atoms with Crippen LogP contribution in [0.3, 0.4) is 0 Å². The zero-order chi connectivity index (χ0) is 15.1. The van der Waals surface area contributed by atoms with Gasteiger partial charge in [0, 0.05) is 0 Å². The number of amides is 1. The fourth-order valence-electron chi connectivity index (χ4n) is 1.88. The van der Waals surface area contributed by atoms with Gasteiger partial charge in [-0.15, -0.1) is 11.6 Å². The van der Waals surface area contributed by atoms with Crippen LogP contribution in [0.25, 0.3) is 0 Å². The van der Waals surface area contributed by atoms with Crippen molar-refractivity contribution in [3.63, 3.8) is 0 Å². The van der Waals surface area contributed by atoms with Gasteiger partial charge in [0.15, 0.2) is 0 Å². The standard InChI is InChI=1S/C17H18ClNO2/c1-2-12-21-15-11-7-6-10-14(15)19-17(20)16(18)13-8-4-3-5-9-13/h3-11,16H,2,12H2,1H3,(H,19,20). The summed E-state index contributed by atoms with van der Waals surface area (Å²) >= 11 is 6.21. The van der Waals surface area contributed by atoms with E-state index in [2.05, 4.69) is 5.32 Å². The number of para-hydroxylation sites is 2. The number of carbonyl (C=O) groups excluding carboxylic acids is 1. The van der Waals surface area contributed by atoms with E-state index in [4.69, 9.17) is 16.3 Å². The molecule has 0 heterocycles. The summed E-state index contributed by atoms with van der Waals surface area (Å²) < 4.78 is 5.61. The minimum atomic E-state index is -0.731. The average molecular weight is 304 g/mol. The molecule has 0 saturated carbocycles. The molecule has 110 valence electrons. The number of hydrogen-bond acceptors (Lipinski definition) is 2. The summed E-state index contributed by atoms with van der Waals surface area (Å²) in [6.07, 6.45) is 0.907. The van der Waals surface area contributed by atoms with E-state index >= 15 is 0 Å². The van der Waals surface area contributed by atoms with Crippen molar-refractivity contribution in [3.8, 4) is 5.75 Å². The number of halogens is 1. The molecule has 1 amide bonds. The van der Waals surface area contributed by atoms with Crippen LogP contribution < -0.4 is 10.1 Å². The Bertz CT molecular complexity index is 586. The van der Waals surface area contributed by atoms with Gasteiger partial charge in [0.05, 0.1) is 12.3 Å². The summed E-state index contributed by atoms with van der Waals surface area (Å²) in [4.78, 5) is 12.2. The Labute approximate surface area is 129 Å². The van der Waals surface area contributed by atoms with Gasteiger partial charge in [-0.3, -0.25) is 4.79 Å². The molecule has 0 aliphatic rings. The van der Waals surface area contributed by atoms with Crippen molar-refractivity contribution in [2.75, 3.05) is 11.9 Å². The predicted octanol–water partition coefficient (Wildman–Crippen LogP) is 4.39. The highest BCUT2D eigenvalue weighted by molar-refractivity contribution is 6.32. The number of rotatable bonds is 6. The highest BCUT2D eigenvalue weighted by Gasteiger charge is 2.18. The van der Waals surface area contributed by atoms with E-state index in [0.717, 1.165) is 12.0 Å². The topological polar surface area (TPSA) is 38.3 Å². The zero-order valence-electron chi connectivity index (χ0n) is 11.9. The van der Waals surface area contributed by atoms with Gasteiger partial charge in [-0.1, -0.05) is 49.4 Å². The average Bonchev–Trinajstić information content (AvgIpc) is 2.54. The van der Waals surface area contributed by atoms with Gasteiger partial charge < -0.3 is 10.1 Å². The molecule has 0 saturated heterocycles. The lowest BCUT2D eigenvalue weighted by atomic mass is 10.1. The van der Waals surface area contributed by atoms with Crippen LogP contribution in [-0.2, 0) is 4.79 Å². The largest absolute Gasteiger partial charge is 0.491 e. The number of anilines is 1. The molecule has 3 nitrogen and oxygen atoms in total. The smallest absolute Gasteiger partial charge is 0.247 e. The quantitative estimate of drug-likeness (QED) is 0.804. The second kappa shape index (κ2) is 7.70. The molecular formula is C17H18ClNO2. The third kappa shape index (κ3) is 4.23. The molecule has 2 rings (SSSR count). The fraction of sp³-hybridized carbons (Fsp3) is 0.235. The minimum absolute atomic E-state index is 0.268. The van der Waals surface area contributed by atoms with Crippen molar-refractivity contribution in [2.45, 2.75) is 18.7 Å². The van der Waals surface area contributed by atoms with E-state index in [9.17, 15) is 4.79 Å². The zero-order valence-corrected chi connectivity index (χ0v) is 12.6. The number of alkyl halides is 1. The van der Waals surface area contributed by atoms with E-state index in [1.165, 1.54) is 0 Å². The van der Waals surface area contributed by atoms with Gasteiger partial charge in [-0.25, -0.2) is 0 Å². The van der Waals surface area contributed by atoms with Gasteiger partial charge in [0.25, 0.3) is 0 Å². The first kappa shape index (κ1) is 15.4. The van der Waals surface area contributed by atoms with Crippen molar-refractivity contribution in [1.29, 1.82) is 0 Å². The molecule has 0 fully saturated rings. The molecule has 4 heteroatoms. The van der Waals surface area contributed by atoms with Crippen molar-refractivity contribution in [3.05, 3.63) is 60.2 Å². The first-order valence-electron chi connectivity index (χ1n) is 6.94. The number of ether oxygens (including phenoxy) is 1. The second-order valence-electron chi connectivity index (χ2n) is 4.61. The maximum absolute atomic E-state index is 12.2. The van der Waals surface area contributed by atoms with Crippen molar-refractivity contribution in [1.82, 2.24) is 0 Å². The van der Waals surface area contributed by atoms with Gasteiger partial charge in [-0.2, -0.15) is 0 Å². The Kier molecular flexibility index (Phi) is 5.64. The van der Waals surface area contributed by atoms with E-state index in [-0.39, 0.29) is 5.91 Å². The molecule has 0 aliphatic carbocycles. The Hall–Kier alpha value is -2.00. The van der Waals surface area contributed by atoms with Crippen LogP contribution in [0.2, 0.25) is 0 Å². The summed E-state index contributed by atoms with van der Waals surface area (Å²) in [5.41, 5.74) is 1.40. The second-order valence-corrected chi connectivity index (χ2v) is 5.04. The molecule has 2 aromatic carbocycles. The highest BCUT2D eigenvalue weighted by Crippen LogP contribution is 2.27. The van der Waals surface area contributed by atoms with Crippen LogP contribution in [-0.4, -0.2) is 12.5 Å². The first-order valence-corrected chi connectivity index (χ1v) is 7.37. The number of carbonyl (C=O) groups is 1. The van der Waals surface area contributed by atoms with Crippen molar-refractivity contribution < 1.29 is 9.53 Å². The Balaban J connectivity index is 2.09. The van der Waals surface area contributed by atoms with E-state index in [0.29, 0.717) is 18.0 Å². The fourth-order valence-corrected chi connectivity index (χ4v) is 2.08. The monoisotopic (exact) mass is 303 g/mol. The summed E-state index contributed by atoms with van der Waals surface area (Å²) in [6.45, 7) is 2.64. The molecule has 0 aromatic heterocycles. The lowest BCUT2D eigenvalue weighted by Crippen LogP contribution is -2.18.